The summed E-state index contributed by atoms with van der Waals surface area (Å²) in [5, 5.41) is 0. The number of nitrogens with zero attached hydrogens (tertiary/aromatic N) is 2. The summed E-state index contributed by atoms with van der Waals surface area (Å²) in [6.45, 7) is 1.68. The molecule has 0 aliphatic rings. The fourth-order valence-electron chi connectivity index (χ4n) is 2.39. The molecule has 0 radical (unpaired) electrons. The zero-order chi connectivity index (χ0) is 17.5. The molecular weight excluding hydrogens is 372 g/mol. The van der Waals surface area contributed by atoms with Crippen molar-refractivity contribution in [2.45, 2.75) is 19.4 Å². The second-order valence-electron chi connectivity index (χ2n) is 5.50. The van der Waals surface area contributed by atoms with Crippen molar-refractivity contribution in [2.75, 3.05) is 13.6 Å². The van der Waals surface area contributed by atoms with E-state index < -0.39 is 6.10 Å². The number of hydrogen-bond acceptors (Lipinski definition) is 4. The quantitative estimate of drug-likeness (QED) is 0.711. The maximum atomic E-state index is 12.5. The first kappa shape index (κ1) is 18.1. The molecule has 0 spiro atoms. The number of hydrogen-bond donors (Lipinski definition) is 0. The Balaban J connectivity index is 2.07. The number of halogens is 1. The number of ether oxygens (including phenoxy) is 1. The van der Waals surface area contributed by atoms with E-state index in [-0.39, 0.29) is 11.9 Å². The Labute approximate surface area is 149 Å². The van der Waals surface area contributed by atoms with E-state index >= 15 is 0 Å². The van der Waals surface area contributed by atoms with Gasteiger partial charge in [-0.1, -0.05) is 30.3 Å². The third-order valence-corrected chi connectivity index (χ3v) is 3.85. The highest BCUT2D eigenvalue weighted by molar-refractivity contribution is 9.10. The first-order valence-electron chi connectivity index (χ1n) is 7.53. The first-order chi connectivity index (χ1) is 11.5. The predicted octanol–water partition coefficient (Wildman–Crippen LogP) is 3.09. The number of likely N-dealkylation sites (N-methyl/N-ethyl adjacent to an activating group) is 1. The fraction of sp³-hybridized carbons (Fsp3) is 0.278. The Bertz CT molecular complexity index is 706. The molecule has 0 N–H and O–H groups in total. The average Bonchev–Trinajstić information content (AvgIpc) is 2.54. The third kappa shape index (κ3) is 5.45. The summed E-state index contributed by atoms with van der Waals surface area (Å²) in [5.74, 6) is -0.532. The molecule has 1 aromatic heterocycles. The van der Waals surface area contributed by atoms with Gasteiger partial charge < -0.3 is 9.64 Å². The van der Waals surface area contributed by atoms with Crippen LogP contribution in [0.25, 0.3) is 0 Å². The molecule has 24 heavy (non-hydrogen) atoms. The number of aromatic nitrogens is 1. The highest BCUT2D eigenvalue weighted by atomic mass is 79.9. The molecule has 1 unspecified atom stereocenters. The van der Waals surface area contributed by atoms with Gasteiger partial charge in [0.1, 0.15) is 6.10 Å². The van der Waals surface area contributed by atoms with E-state index in [1.165, 1.54) is 13.1 Å². The maximum absolute atomic E-state index is 12.5. The highest BCUT2D eigenvalue weighted by Gasteiger charge is 2.20. The summed E-state index contributed by atoms with van der Waals surface area (Å²) in [6, 6.07) is 11.4. The lowest BCUT2D eigenvalue weighted by atomic mass is 10.1. The van der Waals surface area contributed by atoms with Crippen molar-refractivity contribution in [2.24, 2.45) is 0 Å². The first-order valence-corrected chi connectivity index (χ1v) is 8.32. The van der Waals surface area contributed by atoms with Gasteiger partial charge in [-0.05, 0) is 27.6 Å². The lowest BCUT2D eigenvalue weighted by Gasteiger charge is -2.24. The molecule has 0 saturated heterocycles. The zero-order valence-corrected chi connectivity index (χ0v) is 15.2. The summed E-state index contributed by atoms with van der Waals surface area (Å²) in [7, 11) is 1.69. The van der Waals surface area contributed by atoms with Gasteiger partial charge in [0.05, 0.1) is 12.1 Å². The summed E-state index contributed by atoms with van der Waals surface area (Å²) >= 11 is 3.30. The lowest BCUT2D eigenvalue weighted by molar-refractivity contribution is -0.146. The lowest BCUT2D eigenvalue weighted by Crippen LogP contribution is -2.37. The molecule has 0 saturated carbocycles. The van der Waals surface area contributed by atoms with E-state index in [0.29, 0.717) is 18.5 Å². The van der Waals surface area contributed by atoms with Crippen molar-refractivity contribution in [3.63, 3.8) is 0 Å². The summed E-state index contributed by atoms with van der Waals surface area (Å²) in [5.41, 5.74) is 1.53. The monoisotopic (exact) mass is 390 g/mol. The molecule has 6 heteroatoms. The summed E-state index contributed by atoms with van der Waals surface area (Å²) < 4.78 is 6.12. The largest absolute Gasteiger partial charge is 0.460 e. The normalized spacial score (nSPS) is 11.6. The smallest absolute Gasteiger partial charge is 0.302 e. The summed E-state index contributed by atoms with van der Waals surface area (Å²) in [4.78, 5) is 29.4. The van der Waals surface area contributed by atoms with Crippen LogP contribution in [0.15, 0.2) is 53.3 Å². The van der Waals surface area contributed by atoms with Crippen LogP contribution in [-0.2, 0) is 16.0 Å². The molecule has 0 bridgehead atoms. The number of rotatable bonds is 6. The van der Waals surface area contributed by atoms with Crippen molar-refractivity contribution in [3.05, 3.63) is 64.4 Å². The standard InChI is InChI=1S/C18H19BrN2O3/c1-13(22)24-17(8-14-6-4-3-5-7-14)12-21(2)18(23)15-9-16(19)11-20-10-15/h3-7,9-11,17H,8,12H2,1-2H3. The molecule has 1 atom stereocenters. The van der Waals surface area contributed by atoms with E-state index in [4.69, 9.17) is 4.74 Å². The minimum absolute atomic E-state index is 0.172. The van der Waals surface area contributed by atoms with E-state index in [2.05, 4.69) is 20.9 Å². The Kier molecular flexibility index (Phi) is 6.49. The van der Waals surface area contributed by atoms with Crippen molar-refractivity contribution in [1.82, 2.24) is 9.88 Å². The van der Waals surface area contributed by atoms with Crippen molar-refractivity contribution in [1.29, 1.82) is 0 Å². The number of carbonyl (C=O) groups is 2. The Hall–Kier alpha value is -2.21. The molecule has 0 aliphatic carbocycles. The predicted molar refractivity (Wildman–Crippen MR) is 94.6 cm³/mol. The fourth-order valence-corrected chi connectivity index (χ4v) is 2.76. The van der Waals surface area contributed by atoms with Crippen LogP contribution in [0.1, 0.15) is 22.8 Å². The van der Waals surface area contributed by atoms with E-state index in [0.717, 1.165) is 10.0 Å². The number of pyridine rings is 1. The molecule has 1 amide bonds. The Morgan fingerprint density at radius 2 is 1.96 bits per heavy atom. The SMILES string of the molecule is CC(=O)OC(Cc1ccccc1)CN(C)C(=O)c1cncc(Br)c1. The molecule has 0 aliphatic heterocycles. The van der Waals surface area contributed by atoms with Gasteiger partial charge in [-0.25, -0.2) is 0 Å². The van der Waals surface area contributed by atoms with Crippen LogP contribution in [0.5, 0.6) is 0 Å². The van der Waals surface area contributed by atoms with Gasteiger partial charge in [0.15, 0.2) is 0 Å². The van der Waals surface area contributed by atoms with Gasteiger partial charge in [-0.3, -0.25) is 14.6 Å². The maximum Gasteiger partial charge on any atom is 0.302 e. The minimum Gasteiger partial charge on any atom is -0.460 e. The van der Waals surface area contributed by atoms with Crippen LogP contribution < -0.4 is 0 Å². The Morgan fingerprint density at radius 3 is 2.58 bits per heavy atom. The van der Waals surface area contributed by atoms with Crippen LogP contribution >= 0.6 is 15.9 Å². The van der Waals surface area contributed by atoms with Gasteiger partial charge in [0.25, 0.3) is 5.91 Å². The van der Waals surface area contributed by atoms with Gasteiger partial charge in [-0.15, -0.1) is 0 Å². The summed E-state index contributed by atoms with van der Waals surface area (Å²) in [6.07, 6.45) is 3.28. The molecular formula is C18H19BrN2O3. The van der Waals surface area contributed by atoms with Crippen LogP contribution in [0.3, 0.4) is 0 Å². The van der Waals surface area contributed by atoms with Crippen molar-refractivity contribution in [3.8, 4) is 0 Å². The third-order valence-electron chi connectivity index (χ3n) is 3.41. The topological polar surface area (TPSA) is 59.5 Å². The molecule has 0 fully saturated rings. The van der Waals surface area contributed by atoms with Gasteiger partial charge in [0, 0.05) is 37.3 Å². The molecule has 2 aromatic rings. The molecule has 126 valence electrons. The second kappa shape index (κ2) is 8.59. The second-order valence-corrected chi connectivity index (χ2v) is 6.41. The van der Waals surface area contributed by atoms with Crippen LogP contribution in [0.4, 0.5) is 0 Å². The number of benzene rings is 1. The van der Waals surface area contributed by atoms with E-state index in [9.17, 15) is 9.59 Å². The van der Waals surface area contributed by atoms with Gasteiger partial charge >= 0.3 is 5.97 Å². The number of carbonyl (C=O) groups excluding carboxylic acids is 2. The minimum atomic E-state index is -0.404. The van der Waals surface area contributed by atoms with E-state index in [1.54, 1.807) is 24.2 Å². The zero-order valence-electron chi connectivity index (χ0n) is 13.6. The van der Waals surface area contributed by atoms with Gasteiger partial charge in [-0.2, -0.15) is 0 Å². The van der Waals surface area contributed by atoms with Crippen LogP contribution in [0.2, 0.25) is 0 Å². The Morgan fingerprint density at radius 1 is 1.25 bits per heavy atom. The van der Waals surface area contributed by atoms with Crippen LogP contribution in [0, 0.1) is 0 Å². The van der Waals surface area contributed by atoms with Crippen LogP contribution in [-0.4, -0.2) is 41.5 Å². The number of amides is 1. The van der Waals surface area contributed by atoms with Crippen molar-refractivity contribution >= 4 is 27.8 Å². The molecule has 1 aromatic carbocycles. The molecule has 2 rings (SSSR count). The average molecular weight is 391 g/mol. The molecule has 5 nitrogen and oxygen atoms in total. The van der Waals surface area contributed by atoms with Crippen molar-refractivity contribution < 1.29 is 14.3 Å². The number of esters is 1. The molecule has 1 heterocycles. The highest BCUT2D eigenvalue weighted by Crippen LogP contribution is 2.13. The van der Waals surface area contributed by atoms with Gasteiger partial charge in [0.2, 0.25) is 0 Å². The van der Waals surface area contributed by atoms with E-state index in [1.807, 2.05) is 30.3 Å².